The van der Waals surface area contributed by atoms with Crippen LogP contribution in [-0.4, -0.2) is 27.2 Å². The molecule has 0 bridgehead atoms. The van der Waals surface area contributed by atoms with Crippen molar-refractivity contribution in [3.63, 3.8) is 0 Å². The topological polar surface area (TPSA) is 76.5 Å². The normalized spacial score (nSPS) is 14.4. The summed E-state index contributed by atoms with van der Waals surface area (Å²) in [7, 11) is 0. The monoisotopic (exact) mass is 217 g/mol. The van der Waals surface area contributed by atoms with Gasteiger partial charge in [0.25, 0.3) is 0 Å². The quantitative estimate of drug-likeness (QED) is 0.697. The third kappa shape index (κ3) is 1.09. The Morgan fingerprint density at radius 2 is 2.38 bits per heavy atom. The van der Waals surface area contributed by atoms with Crippen LogP contribution in [0, 0.1) is 6.92 Å². The minimum atomic E-state index is -0.441. The Bertz CT molecular complexity index is 588. The SMILES string of the molecule is Cc1cc2ncc3c(n2n1)CCN3C(N)=O. The number of carbonyl (C=O) groups excluding carboxylic acids is 1. The van der Waals surface area contributed by atoms with Crippen LogP contribution in [-0.2, 0) is 6.42 Å². The number of nitrogens with zero attached hydrogens (tertiary/aromatic N) is 4. The second-order valence-corrected chi connectivity index (χ2v) is 3.89. The molecule has 0 radical (unpaired) electrons. The first-order valence-electron chi connectivity index (χ1n) is 5.08. The van der Waals surface area contributed by atoms with Crippen molar-refractivity contribution in [1.82, 2.24) is 14.6 Å². The van der Waals surface area contributed by atoms with E-state index in [9.17, 15) is 4.79 Å². The fourth-order valence-electron chi connectivity index (χ4n) is 2.11. The summed E-state index contributed by atoms with van der Waals surface area (Å²) in [6.45, 7) is 2.52. The summed E-state index contributed by atoms with van der Waals surface area (Å²) in [5, 5.41) is 4.35. The first kappa shape index (κ1) is 9.14. The lowest BCUT2D eigenvalue weighted by molar-refractivity contribution is 0.254. The Hall–Kier alpha value is -2.11. The van der Waals surface area contributed by atoms with E-state index in [0.717, 1.165) is 29.1 Å². The molecule has 3 heterocycles. The Balaban J connectivity index is 2.26. The molecule has 2 aromatic rings. The molecule has 2 aromatic heterocycles. The zero-order valence-corrected chi connectivity index (χ0v) is 8.84. The van der Waals surface area contributed by atoms with Gasteiger partial charge in [0.2, 0.25) is 0 Å². The van der Waals surface area contributed by atoms with E-state index in [2.05, 4.69) is 10.1 Å². The van der Waals surface area contributed by atoms with E-state index in [-0.39, 0.29) is 0 Å². The van der Waals surface area contributed by atoms with Crippen LogP contribution in [0.15, 0.2) is 12.3 Å². The first-order chi connectivity index (χ1) is 7.66. The fourth-order valence-corrected chi connectivity index (χ4v) is 2.11. The molecule has 1 aliphatic rings. The average molecular weight is 217 g/mol. The second kappa shape index (κ2) is 2.94. The average Bonchev–Trinajstić information content (AvgIpc) is 2.77. The molecule has 2 N–H and O–H groups in total. The number of aromatic nitrogens is 3. The van der Waals surface area contributed by atoms with Crippen LogP contribution >= 0.6 is 0 Å². The van der Waals surface area contributed by atoms with Gasteiger partial charge in [0.15, 0.2) is 5.65 Å². The van der Waals surface area contributed by atoms with Crippen molar-refractivity contribution >= 4 is 17.4 Å². The number of hydrogen-bond acceptors (Lipinski definition) is 3. The minimum absolute atomic E-state index is 0.441. The lowest BCUT2D eigenvalue weighted by atomic mass is 10.3. The summed E-state index contributed by atoms with van der Waals surface area (Å²) in [5.74, 6) is 0. The van der Waals surface area contributed by atoms with Gasteiger partial charge in [-0.2, -0.15) is 5.10 Å². The zero-order valence-electron chi connectivity index (χ0n) is 8.84. The summed E-state index contributed by atoms with van der Waals surface area (Å²) in [6, 6.07) is 1.47. The van der Waals surface area contributed by atoms with Crippen molar-refractivity contribution in [2.75, 3.05) is 11.4 Å². The number of rotatable bonds is 0. The highest BCUT2D eigenvalue weighted by Crippen LogP contribution is 2.27. The van der Waals surface area contributed by atoms with E-state index in [0.29, 0.717) is 6.54 Å². The highest BCUT2D eigenvalue weighted by molar-refractivity contribution is 5.92. The summed E-state index contributed by atoms with van der Waals surface area (Å²) in [4.78, 5) is 17.0. The van der Waals surface area contributed by atoms with E-state index in [1.807, 2.05) is 13.0 Å². The molecule has 0 aromatic carbocycles. The van der Waals surface area contributed by atoms with Gasteiger partial charge >= 0.3 is 6.03 Å². The zero-order chi connectivity index (χ0) is 11.3. The Morgan fingerprint density at radius 3 is 3.12 bits per heavy atom. The van der Waals surface area contributed by atoms with Crippen LogP contribution in [0.3, 0.4) is 0 Å². The number of amides is 2. The molecular formula is C10H11N5O. The molecule has 0 saturated heterocycles. The second-order valence-electron chi connectivity index (χ2n) is 3.89. The van der Waals surface area contributed by atoms with Crippen LogP contribution in [0.2, 0.25) is 0 Å². The summed E-state index contributed by atoms with van der Waals surface area (Å²) in [5.41, 5.74) is 8.78. The maximum absolute atomic E-state index is 11.2. The number of nitrogens with two attached hydrogens (primary N) is 1. The van der Waals surface area contributed by atoms with Crippen LogP contribution < -0.4 is 10.6 Å². The van der Waals surface area contributed by atoms with Gasteiger partial charge in [-0.1, -0.05) is 0 Å². The van der Waals surface area contributed by atoms with Gasteiger partial charge in [-0.3, -0.25) is 4.90 Å². The van der Waals surface area contributed by atoms with Gasteiger partial charge in [0, 0.05) is 19.0 Å². The van der Waals surface area contributed by atoms with Gasteiger partial charge in [-0.15, -0.1) is 0 Å². The minimum Gasteiger partial charge on any atom is -0.351 e. The van der Waals surface area contributed by atoms with Crippen molar-refractivity contribution in [1.29, 1.82) is 0 Å². The highest BCUT2D eigenvalue weighted by Gasteiger charge is 2.26. The molecule has 0 fully saturated rings. The van der Waals surface area contributed by atoms with E-state index >= 15 is 0 Å². The summed E-state index contributed by atoms with van der Waals surface area (Å²) >= 11 is 0. The number of fused-ring (bicyclic) bond motifs is 3. The van der Waals surface area contributed by atoms with Gasteiger partial charge in [0.1, 0.15) is 0 Å². The lowest BCUT2D eigenvalue weighted by Crippen LogP contribution is -2.34. The predicted octanol–water partition coefficient (Wildman–Crippen LogP) is 0.479. The lowest BCUT2D eigenvalue weighted by Gasteiger charge is -2.12. The number of anilines is 1. The van der Waals surface area contributed by atoms with Crippen LogP contribution in [0.4, 0.5) is 10.5 Å². The van der Waals surface area contributed by atoms with Crippen molar-refractivity contribution in [2.24, 2.45) is 5.73 Å². The van der Waals surface area contributed by atoms with Gasteiger partial charge in [-0.25, -0.2) is 14.3 Å². The Kier molecular flexibility index (Phi) is 1.68. The summed E-state index contributed by atoms with van der Waals surface area (Å²) < 4.78 is 1.79. The number of primary amides is 1. The van der Waals surface area contributed by atoms with Crippen LogP contribution in [0.1, 0.15) is 11.4 Å². The molecule has 2 amide bonds. The Labute approximate surface area is 91.7 Å². The standard InChI is InChI=1S/C10H11N5O/c1-6-4-9-12-5-8-7(15(9)13-6)2-3-14(8)10(11)16/h4-5H,2-3H2,1H3,(H2,11,16). The Morgan fingerprint density at radius 1 is 1.56 bits per heavy atom. The fraction of sp³-hybridized carbons (Fsp3) is 0.300. The molecule has 82 valence electrons. The van der Waals surface area contributed by atoms with E-state index in [4.69, 9.17) is 5.73 Å². The summed E-state index contributed by atoms with van der Waals surface area (Å²) in [6.07, 6.45) is 2.45. The maximum atomic E-state index is 11.2. The largest absolute Gasteiger partial charge is 0.351 e. The predicted molar refractivity (Wildman–Crippen MR) is 58.4 cm³/mol. The molecule has 6 heteroatoms. The van der Waals surface area contributed by atoms with Crippen molar-refractivity contribution in [2.45, 2.75) is 13.3 Å². The molecule has 3 rings (SSSR count). The maximum Gasteiger partial charge on any atom is 0.319 e. The van der Waals surface area contributed by atoms with Crippen molar-refractivity contribution in [3.05, 3.63) is 23.7 Å². The molecule has 0 unspecified atom stereocenters. The third-order valence-corrected chi connectivity index (χ3v) is 2.81. The van der Waals surface area contributed by atoms with E-state index in [1.54, 1.807) is 10.7 Å². The van der Waals surface area contributed by atoms with Crippen LogP contribution in [0.5, 0.6) is 0 Å². The first-order valence-corrected chi connectivity index (χ1v) is 5.08. The number of aryl methyl sites for hydroxylation is 1. The van der Waals surface area contributed by atoms with E-state index in [1.165, 1.54) is 4.90 Å². The molecule has 1 aliphatic heterocycles. The molecule has 0 aliphatic carbocycles. The van der Waals surface area contributed by atoms with E-state index < -0.39 is 6.03 Å². The number of carbonyl (C=O) groups is 1. The van der Waals surface area contributed by atoms with Gasteiger partial charge in [0.05, 0.1) is 23.3 Å². The molecule has 0 atom stereocenters. The van der Waals surface area contributed by atoms with Crippen LogP contribution in [0.25, 0.3) is 5.65 Å². The molecular weight excluding hydrogens is 206 g/mol. The molecule has 0 saturated carbocycles. The molecule has 0 spiro atoms. The van der Waals surface area contributed by atoms with Gasteiger partial charge in [-0.05, 0) is 6.92 Å². The smallest absolute Gasteiger partial charge is 0.319 e. The van der Waals surface area contributed by atoms with Crippen molar-refractivity contribution in [3.8, 4) is 0 Å². The highest BCUT2D eigenvalue weighted by atomic mass is 16.2. The number of urea groups is 1. The number of hydrogen-bond donors (Lipinski definition) is 1. The molecule has 16 heavy (non-hydrogen) atoms. The van der Waals surface area contributed by atoms with Gasteiger partial charge < -0.3 is 5.73 Å². The molecule has 6 nitrogen and oxygen atoms in total. The van der Waals surface area contributed by atoms with Crippen molar-refractivity contribution < 1.29 is 4.79 Å². The third-order valence-electron chi connectivity index (χ3n) is 2.81.